The number of hydrogen-bond donors (Lipinski definition) is 1. The number of ether oxygens (including phenoxy) is 1. The van der Waals surface area contributed by atoms with E-state index in [-0.39, 0.29) is 11.9 Å². The van der Waals surface area contributed by atoms with Gasteiger partial charge in [-0.25, -0.2) is 0 Å². The summed E-state index contributed by atoms with van der Waals surface area (Å²) in [5, 5.41) is 3.18. The molecule has 0 aromatic heterocycles. The number of carbonyl (C=O) groups excluding carboxylic acids is 1. The molecule has 4 heteroatoms. The Kier molecular flexibility index (Phi) is 4.48. The van der Waals surface area contributed by atoms with Crippen molar-refractivity contribution in [2.45, 2.75) is 18.9 Å². The van der Waals surface area contributed by atoms with Gasteiger partial charge in [0.2, 0.25) is 0 Å². The first-order valence-electron chi connectivity index (χ1n) is 7.38. The second-order valence-corrected chi connectivity index (χ2v) is 6.40. The van der Waals surface area contributed by atoms with Gasteiger partial charge in [-0.3, -0.25) is 4.79 Å². The maximum Gasteiger partial charge on any atom is 0.253 e. The van der Waals surface area contributed by atoms with Gasteiger partial charge in [-0.15, -0.1) is 0 Å². The quantitative estimate of drug-likeness (QED) is 0.862. The van der Waals surface area contributed by atoms with Crippen LogP contribution in [0.2, 0.25) is 0 Å². The van der Waals surface area contributed by atoms with Crippen molar-refractivity contribution in [1.82, 2.24) is 5.32 Å². The monoisotopic (exact) mass is 359 g/mol. The van der Waals surface area contributed by atoms with Gasteiger partial charge in [0.15, 0.2) is 0 Å². The number of amides is 1. The average molecular weight is 360 g/mol. The maximum absolute atomic E-state index is 12.7. The smallest absolute Gasteiger partial charge is 0.253 e. The summed E-state index contributed by atoms with van der Waals surface area (Å²) in [6, 6.07) is 15.7. The number of hydrogen-bond acceptors (Lipinski definition) is 2. The molecule has 0 radical (unpaired) electrons. The van der Waals surface area contributed by atoms with Crippen molar-refractivity contribution in [2.75, 3.05) is 7.11 Å². The summed E-state index contributed by atoms with van der Waals surface area (Å²) in [5.74, 6) is 1.14. The predicted octanol–water partition coefficient (Wildman–Crippen LogP) is 4.34. The summed E-state index contributed by atoms with van der Waals surface area (Å²) in [6.07, 6.45) is 2.33. The average Bonchev–Trinajstić information content (AvgIpc) is 3.38. The Hall–Kier alpha value is -1.81. The topological polar surface area (TPSA) is 38.3 Å². The summed E-state index contributed by atoms with van der Waals surface area (Å²) in [5.41, 5.74) is 1.76. The number of halogens is 1. The highest BCUT2D eigenvalue weighted by Crippen LogP contribution is 2.41. The summed E-state index contributed by atoms with van der Waals surface area (Å²) >= 11 is 3.44. The van der Waals surface area contributed by atoms with E-state index in [2.05, 4.69) is 33.4 Å². The molecule has 1 aliphatic rings. The lowest BCUT2D eigenvalue weighted by molar-refractivity contribution is 0.0930. The van der Waals surface area contributed by atoms with Crippen LogP contribution in [-0.4, -0.2) is 13.0 Å². The zero-order valence-corrected chi connectivity index (χ0v) is 14.0. The van der Waals surface area contributed by atoms with Crippen LogP contribution in [0.1, 0.15) is 34.8 Å². The van der Waals surface area contributed by atoms with Crippen molar-refractivity contribution >= 4 is 21.8 Å². The Labute approximate surface area is 138 Å². The van der Waals surface area contributed by atoms with E-state index in [1.54, 1.807) is 13.2 Å². The molecule has 3 rings (SSSR count). The summed E-state index contributed by atoms with van der Waals surface area (Å²) in [4.78, 5) is 12.7. The lowest BCUT2D eigenvalue weighted by atomic mass is 10.0. The molecule has 3 nitrogen and oxygen atoms in total. The van der Waals surface area contributed by atoms with Crippen LogP contribution in [0.3, 0.4) is 0 Å². The second-order valence-electron chi connectivity index (χ2n) is 5.55. The maximum atomic E-state index is 12.7. The van der Waals surface area contributed by atoms with Crippen molar-refractivity contribution in [3.8, 4) is 5.75 Å². The minimum Gasteiger partial charge on any atom is -0.497 e. The van der Waals surface area contributed by atoms with E-state index in [0.29, 0.717) is 17.2 Å². The SMILES string of the molecule is COc1ccc(Br)c(C(=O)NC(c2ccccc2)C2CC2)c1. The fraction of sp³-hybridized carbons (Fsp3) is 0.278. The first-order valence-corrected chi connectivity index (χ1v) is 8.17. The predicted molar refractivity (Wildman–Crippen MR) is 90.1 cm³/mol. The molecule has 1 fully saturated rings. The normalized spacial score (nSPS) is 15.2. The number of carbonyl (C=O) groups is 1. The molecule has 1 unspecified atom stereocenters. The lowest BCUT2D eigenvalue weighted by Crippen LogP contribution is -2.30. The van der Waals surface area contributed by atoms with Gasteiger partial charge in [0, 0.05) is 4.47 Å². The molecule has 1 amide bonds. The van der Waals surface area contributed by atoms with Crippen LogP contribution in [0.15, 0.2) is 53.0 Å². The third kappa shape index (κ3) is 3.33. The van der Waals surface area contributed by atoms with Crippen molar-refractivity contribution < 1.29 is 9.53 Å². The summed E-state index contributed by atoms with van der Waals surface area (Å²) < 4.78 is 5.98. The van der Waals surface area contributed by atoms with E-state index in [1.807, 2.05) is 30.3 Å². The molecular formula is C18H18BrNO2. The van der Waals surface area contributed by atoms with Crippen LogP contribution in [0, 0.1) is 5.92 Å². The molecular weight excluding hydrogens is 342 g/mol. The molecule has 0 aliphatic heterocycles. The van der Waals surface area contributed by atoms with Crippen LogP contribution in [0.4, 0.5) is 0 Å². The van der Waals surface area contributed by atoms with E-state index in [1.165, 1.54) is 12.8 Å². The molecule has 0 heterocycles. The number of rotatable bonds is 5. The second kappa shape index (κ2) is 6.53. The Balaban J connectivity index is 1.83. The van der Waals surface area contributed by atoms with Gasteiger partial charge in [0.1, 0.15) is 5.75 Å². The fourth-order valence-electron chi connectivity index (χ4n) is 2.59. The van der Waals surface area contributed by atoms with Crippen molar-refractivity contribution in [3.63, 3.8) is 0 Å². The van der Waals surface area contributed by atoms with Gasteiger partial charge < -0.3 is 10.1 Å². The van der Waals surface area contributed by atoms with Crippen molar-refractivity contribution in [2.24, 2.45) is 5.92 Å². The van der Waals surface area contributed by atoms with Crippen LogP contribution < -0.4 is 10.1 Å². The lowest BCUT2D eigenvalue weighted by Gasteiger charge is -2.19. The zero-order valence-electron chi connectivity index (χ0n) is 12.4. The van der Waals surface area contributed by atoms with Gasteiger partial charge in [-0.2, -0.15) is 0 Å². The standard InChI is InChI=1S/C18H18BrNO2/c1-22-14-9-10-16(19)15(11-14)18(21)20-17(13-7-8-13)12-5-3-2-4-6-12/h2-6,9-11,13,17H,7-8H2,1H3,(H,20,21). The first kappa shape index (κ1) is 15.1. The van der Waals surface area contributed by atoms with Crippen LogP contribution in [-0.2, 0) is 0 Å². The molecule has 1 saturated carbocycles. The highest BCUT2D eigenvalue weighted by Gasteiger charge is 2.33. The zero-order chi connectivity index (χ0) is 15.5. The molecule has 1 atom stereocenters. The molecule has 2 aromatic rings. The first-order chi connectivity index (χ1) is 10.7. The van der Waals surface area contributed by atoms with E-state index >= 15 is 0 Å². The van der Waals surface area contributed by atoms with E-state index in [4.69, 9.17) is 4.74 Å². The highest BCUT2D eigenvalue weighted by atomic mass is 79.9. The third-order valence-corrected chi connectivity index (χ3v) is 4.65. The Morgan fingerprint density at radius 2 is 1.95 bits per heavy atom. The van der Waals surface area contributed by atoms with Gasteiger partial charge in [-0.1, -0.05) is 30.3 Å². The van der Waals surface area contributed by atoms with E-state index in [0.717, 1.165) is 10.0 Å². The number of benzene rings is 2. The van der Waals surface area contributed by atoms with Gasteiger partial charge in [0.25, 0.3) is 5.91 Å². The molecule has 2 aromatic carbocycles. The number of methoxy groups -OCH3 is 1. The van der Waals surface area contributed by atoms with Gasteiger partial charge >= 0.3 is 0 Å². The molecule has 22 heavy (non-hydrogen) atoms. The summed E-state index contributed by atoms with van der Waals surface area (Å²) in [7, 11) is 1.60. The molecule has 1 N–H and O–H groups in total. The minimum atomic E-state index is -0.0773. The fourth-order valence-corrected chi connectivity index (χ4v) is 3.01. The Morgan fingerprint density at radius 3 is 2.59 bits per heavy atom. The van der Waals surface area contributed by atoms with Gasteiger partial charge in [-0.05, 0) is 58.5 Å². The van der Waals surface area contributed by atoms with Crippen LogP contribution in [0.5, 0.6) is 5.75 Å². The Bertz CT molecular complexity index is 668. The molecule has 0 bridgehead atoms. The molecule has 1 aliphatic carbocycles. The van der Waals surface area contributed by atoms with E-state index in [9.17, 15) is 4.79 Å². The Morgan fingerprint density at radius 1 is 1.23 bits per heavy atom. The van der Waals surface area contributed by atoms with Crippen molar-refractivity contribution in [1.29, 1.82) is 0 Å². The molecule has 114 valence electrons. The van der Waals surface area contributed by atoms with Crippen LogP contribution >= 0.6 is 15.9 Å². The molecule has 0 saturated heterocycles. The largest absolute Gasteiger partial charge is 0.497 e. The molecule has 0 spiro atoms. The number of nitrogens with one attached hydrogen (secondary N) is 1. The van der Waals surface area contributed by atoms with Crippen LogP contribution in [0.25, 0.3) is 0 Å². The van der Waals surface area contributed by atoms with E-state index < -0.39 is 0 Å². The highest BCUT2D eigenvalue weighted by molar-refractivity contribution is 9.10. The summed E-state index contributed by atoms with van der Waals surface area (Å²) in [6.45, 7) is 0. The van der Waals surface area contributed by atoms with Crippen molar-refractivity contribution in [3.05, 3.63) is 64.1 Å². The van der Waals surface area contributed by atoms with Gasteiger partial charge in [0.05, 0.1) is 18.7 Å². The third-order valence-electron chi connectivity index (χ3n) is 3.96. The minimum absolute atomic E-state index is 0.0757.